The highest BCUT2D eigenvalue weighted by molar-refractivity contribution is 9.10. The summed E-state index contributed by atoms with van der Waals surface area (Å²) in [6.45, 7) is 1.84. The van der Waals surface area contributed by atoms with Crippen LogP contribution in [-0.2, 0) is 4.79 Å². The predicted molar refractivity (Wildman–Crippen MR) is 68.5 cm³/mol. The van der Waals surface area contributed by atoms with Crippen LogP contribution in [0.4, 0.5) is 11.5 Å². The summed E-state index contributed by atoms with van der Waals surface area (Å²) in [5, 5.41) is 22.4. The number of nitrogens with one attached hydrogen (secondary N) is 1. The van der Waals surface area contributed by atoms with Crippen LogP contribution in [-0.4, -0.2) is 27.5 Å². The summed E-state index contributed by atoms with van der Waals surface area (Å²) in [6.07, 6.45) is 1.85. The zero-order valence-corrected chi connectivity index (χ0v) is 11.2. The lowest BCUT2D eigenvalue weighted by molar-refractivity contribution is -0.384. The molecule has 8 heteroatoms. The van der Waals surface area contributed by atoms with E-state index in [0.29, 0.717) is 10.9 Å². The minimum Gasteiger partial charge on any atom is -0.481 e. The molecule has 18 heavy (non-hydrogen) atoms. The van der Waals surface area contributed by atoms with Crippen molar-refractivity contribution in [2.75, 3.05) is 11.9 Å². The van der Waals surface area contributed by atoms with Crippen LogP contribution in [0.2, 0.25) is 0 Å². The molecule has 1 aromatic heterocycles. The average molecular weight is 318 g/mol. The van der Waals surface area contributed by atoms with Crippen LogP contribution in [0.15, 0.2) is 16.7 Å². The zero-order chi connectivity index (χ0) is 13.7. The molecule has 0 saturated carbocycles. The van der Waals surface area contributed by atoms with Gasteiger partial charge in [-0.3, -0.25) is 14.9 Å². The largest absolute Gasteiger partial charge is 0.481 e. The van der Waals surface area contributed by atoms with Crippen LogP contribution < -0.4 is 5.32 Å². The molecule has 0 radical (unpaired) electrons. The first-order valence-corrected chi connectivity index (χ1v) is 6.01. The fourth-order valence-electron chi connectivity index (χ4n) is 1.33. The van der Waals surface area contributed by atoms with E-state index in [4.69, 9.17) is 5.11 Å². The second kappa shape index (κ2) is 6.29. The number of carbonyl (C=O) groups is 1. The second-order valence-corrected chi connectivity index (χ2v) is 4.52. The van der Waals surface area contributed by atoms with Gasteiger partial charge in [-0.2, -0.15) is 0 Å². The highest BCUT2D eigenvalue weighted by Crippen LogP contribution is 2.25. The first-order valence-electron chi connectivity index (χ1n) is 5.22. The number of hydrogen-bond acceptors (Lipinski definition) is 5. The number of carboxylic acid groups (broad SMARTS) is 1. The second-order valence-electron chi connectivity index (χ2n) is 3.60. The molecular weight excluding hydrogens is 306 g/mol. The highest BCUT2D eigenvalue weighted by atomic mass is 79.9. The minimum absolute atomic E-state index is 0.0721. The Bertz CT molecular complexity index is 466. The summed E-state index contributed by atoms with van der Waals surface area (Å²) >= 11 is 3.09. The average Bonchev–Trinajstić information content (AvgIpc) is 2.30. The molecule has 1 aromatic rings. The summed E-state index contributed by atoms with van der Waals surface area (Å²) in [5.74, 6) is -1.47. The number of aromatic nitrogens is 1. The number of rotatable bonds is 6. The van der Waals surface area contributed by atoms with Crippen molar-refractivity contribution in [1.82, 2.24) is 4.98 Å². The third-order valence-electron chi connectivity index (χ3n) is 2.39. The minimum atomic E-state index is -0.940. The van der Waals surface area contributed by atoms with Crippen LogP contribution in [0.5, 0.6) is 0 Å². The lowest BCUT2D eigenvalue weighted by Crippen LogP contribution is -2.22. The summed E-state index contributed by atoms with van der Waals surface area (Å²) in [7, 11) is 0. The third kappa shape index (κ3) is 3.66. The molecule has 1 heterocycles. The van der Waals surface area contributed by atoms with Gasteiger partial charge in [-0.05, 0) is 22.4 Å². The molecule has 0 aromatic carbocycles. The molecule has 0 aliphatic carbocycles. The van der Waals surface area contributed by atoms with E-state index < -0.39 is 16.8 Å². The smallest absolute Gasteiger partial charge is 0.312 e. The lowest BCUT2D eigenvalue weighted by atomic mass is 10.1. The molecule has 0 fully saturated rings. The van der Waals surface area contributed by atoms with Crippen molar-refractivity contribution in [1.29, 1.82) is 0 Å². The Morgan fingerprint density at radius 1 is 1.72 bits per heavy atom. The van der Waals surface area contributed by atoms with E-state index >= 15 is 0 Å². The Kier molecular flexibility index (Phi) is 5.02. The summed E-state index contributed by atoms with van der Waals surface area (Å²) in [6, 6.07) is 1.32. The normalized spacial score (nSPS) is 11.9. The van der Waals surface area contributed by atoms with Crippen LogP contribution in [0.25, 0.3) is 0 Å². The number of anilines is 1. The van der Waals surface area contributed by atoms with Crippen molar-refractivity contribution in [2.24, 2.45) is 5.92 Å². The molecule has 1 atom stereocenters. The number of hydrogen-bond donors (Lipinski definition) is 2. The van der Waals surface area contributed by atoms with E-state index in [-0.39, 0.29) is 18.1 Å². The van der Waals surface area contributed by atoms with Crippen molar-refractivity contribution in [3.05, 3.63) is 26.9 Å². The first-order chi connectivity index (χ1) is 8.45. The van der Waals surface area contributed by atoms with Gasteiger partial charge >= 0.3 is 11.7 Å². The van der Waals surface area contributed by atoms with Crippen molar-refractivity contribution in [3.63, 3.8) is 0 Å². The molecule has 0 aliphatic heterocycles. The number of pyridine rings is 1. The Morgan fingerprint density at radius 2 is 2.39 bits per heavy atom. The van der Waals surface area contributed by atoms with Gasteiger partial charge in [-0.25, -0.2) is 4.98 Å². The fraction of sp³-hybridized carbons (Fsp3) is 0.400. The molecule has 0 bridgehead atoms. The van der Waals surface area contributed by atoms with E-state index in [1.807, 2.05) is 0 Å². The van der Waals surface area contributed by atoms with Gasteiger partial charge in [0.15, 0.2) is 0 Å². The van der Waals surface area contributed by atoms with Crippen molar-refractivity contribution < 1.29 is 14.8 Å². The summed E-state index contributed by atoms with van der Waals surface area (Å²) in [4.78, 5) is 24.9. The van der Waals surface area contributed by atoms with Crippen molar-refractivity contribution in [3.8, 4) is 0 Å². The van der Waals surface area contributed by atoms with Crippen LogP contribution in [0, 0.1) is 16.0 Å². The van der Waals surface area contributed by atoms with Gasteiger partial charge in [-0.1, -0.05) is 6.92 Å². The van der Waals surface area contributed by atoms with Gasteiger partial charge < -0.3 is 10.4 Å². The van der Waals surface area contributed by atoms with E-state index in [9.17, 15) is 14.9 Å². The van der Waals surface area contributed by atoms with Gasteiger partial charge in [0, 0.05) is 23.3 Å². The maximum atomic E-state index is 10.8. The molecule has 0 saturated heterocycles. The topological polar surface area (TPSA) is 105 Å². The van der Waals surface area contributed by atoms with E-state index in [0.717, 1.165) is 0 Å². The molecule has 0 aliphatic rings. The highest BCUT2D eigenvalue weighted by Gasteiger charge is 2.19. The van der Waals surface area contributed by atoms with Gasteiger partial charge in [-0.15, -0.1) is 0 Å². The molecule has 0 amide bonds. The standard InChI is InChI=1S/C10H12BrN3O4/c1-2-6(10(15)16)4-12-9-8(14(17)18)3-7(11)5-13-9/h3,5-6H,2,4H2,1H3,(H,12,13)(H,15,16). The van der Waals surface area contributed by atoms with E-state index in [2.05, 4.69) is 26.2 Å². The Balaban J connectivity index is 2.84. The van der Waals surface area contributed by atoms with Gasteiger partial charge in [0.05, 0.1) is 10.8 Å². The maximum Gasteiger partial charge on any atom is 0.312 e. The number of carboxylic acids is 1. The molecule has 1 rings (SSSR count). The number of nitro groups is 1. The Labute approximate surface area is 112 Å². The Hall–Kier alpha value is -1.70. The molecule has 0 spiro atoms. The van der Waals surface area contributed by atoms with E-state index in [1.165, 1.54) is 12.3 Å². The molecular formula is C10H12BrN3O4. The summed E-state index contributed by atoms with van der Waals surface area (Å²) in [5.41, 5.74) is -0.190. The van der Waals surface area contributed by atoms with Gasteiger partial charge in [0.1, 0.15) is 0 Å². The molecule has 1 unspecified atom stereocenters. The predicted octanol–water partition coefficient (Wildman–Crippen LogP) is 2.27. The first kappa shape index (κ1) is 14.4. The van der Waals surface area contributed by atoms with Crippen LogP contribution >= 0.6 is 15.9 Å². The number of nitrogens with zero attached hydrogens (tertiary/aromatic N) is 2. The summed E-state index contributed by atoms with van der Waals surface area (Å²) < 4.78 is 0.491. The van der Waals surface area contributed by atoms with E-state index in [1.54, 1.807) is 6.92 Å². The molecule has 7 nitrogen and oxygen atoms in total. The van der Waals surface area contributed by atoms with Gasteiger partial charge in [0.2, 0.25) is 5.82 Å². The number of aliphatic carboxylic acids is 1. The zero-order valence-electron chi connectivity index (χ0n) is 9.59. The molecule has 2 N–H and O–H groups in total. The quantitative estimate of drug-likeness (QED) is 0.616. The third-order valence-corrected chi connectivity index (χ3v) is 2.82. The lowest BCUT2D eigenvalue weighted by Gasteiger charge is -2.11. The maximum absolute atomic E-state index is 10.8. The van der Waals surface area contributed by atoms with Gasteiger partial charge in [0.25, 0.3) is 0 Å². The Morgan fingerprint density at radius 3 is 2.89 bits per heavy atom. The SMILES string of the molecule is CCC(CNc1ncc(Br)cc1[N+](=O)[O-])C(=O)O. The van der Waals surface area contributed by atoms with Crippen LogP contribution in [0.3, 0.4) is 0 Å². The van der Waals surface area contributed by atoms with Crippen molar-refractivity contribution in [2.45, 2.75) is 13.3 Å². The monoisotopic (exact) mass is 317 g/mol. The van der Waals surface area contributed by atoms with Crippen molar-refractivity contribution >= 4 is 33.4 Å². The fourth-order valence-corrected chi connectivity index (χ4v) is 1.65. The van der Waals surface area contributed by atoms with Crippen LogP contribution in [0.1, 0.15) is 13.3 Å². The number of halogens is 1. The molecule has 98 valence electrons.